The minimum absolute atomic E-state index is 0.0174. The fourth-order valence-corrected chi connectivity index (χ4v) is 2.52. The van der Waals surface area contributed by atoms with Gasteiger partial charge in [0.1, 0.15) is 5.56 Å². The molecule has 1 aromatic carbocycles. The van der Waals surface area contributed by atoms with Gasteiger partial charge in [-0.3, -0.25) is 14.9 Å². The molecule has 1 amide bonds. The lowest BCUT2D eigenvalue weighted by molar-refractivity contribution is -0.385. The normalized spacial score (nSPS) is 22.6. The van der Waals surface area contributed by atoms with Crippen LogP contribution in [0.2, 0.25) is 5.02 Å². The number of rotatable bonds is 2. The Morgan fingerprint density at radius 2 is 2.00 bits per heavy atom. The van der Waals surface area contributed by atoms with Crippen LogP contribution in [0, 0.1) is 10.1 Å². The van der Waals surface area contributed by atoms with Crippen LogP contribution in [0.15, 0.2) is 18.2 Å². The molecule has 0 aromatic heterocycles. The van der Waals surface area contributed by atoms with Crippen LogP contribution in [0.25, 0.3) is 0 Å². The molecule has 1 saturated heterocycles. The summed E-state index contributed by atoms with van der Waals surface area (Å²) in [5.41, 5.74) is -0.213. The third-order valence-corrected chi connectivity index (χ3v) is 3.33. The van der Waals surface area contributed by atoms with Gasteiger partial charge in [-0.25, -0.2) is 0 Å². The van der Waals surface area contributed by atoms with Gasteiger partial charge in [0.2, 0.25) is 0 Å². The van der Waals surface area contributed by atoms with E-state index in [-0.39, 0.29) is 29.4 Å². The highest BCUT2D eigenvalue weighted by Crippen LogP contribution is 2.25. The van der Waals surface area contributed by atoms with Crippen molar-refractivity contribution in [2.24, 2.45) is 0 Å². The summed E-state index contributed by atoms with van der Waals surface area (Å²) >= 11 is 5.84. The van der Waals surface area contributed by atoms with E-state index in [1.807, 2.05) is 13.8 Å². The average Bonchev–Trinajstić information content (AvgIpc) is 2.36. The molecule has 1 fully saturated rings. The van der Waals surface area contributed by atoms with Gasteiger partial charge in [-0.1, -0.05) is 11.6 Å². The molecule has 0 aliphatic carbocycles. The Morgan fingerprint density at radius 1 is 1.40 bits per heavy atom. The van der Waals surface area contributed by atoms with Crippen LogP contribution in [0.1, 0.15) is 24.2 Å². The second-order valence-corrected chi connectivity index (χ2v) is 5.32. The number of halogens is 1. The molecule has 0 unspecified atom stereocenters. The molecule has 0 saturated carbocycles. The summed E-state index contributed by atoms with van der Waals surface area (Å²) in [5, 5.41) is 11.3. The number of carbonyl (C=O) groups is 1. The summed E-state index contributed by atoms with van der Waals surface area (Å²) in [5.74, 6) is -0.388. The van der Waals surface area contributed by atoms with Crippen molar-refractivity contribution >= 4 is 23.2 Å². The van der Waals surface area contributed by atoms with Gasteiger partial charge >= 0.3 is 0 Å². The Bertz CT molecular complexity index is 539. The summed E-state index contributed by atoms with van der Waals surface area (Å²) in [4.78, 5) is 24.5. The first-order valence-electron chi connectivity index (χ1n) is 6.27. The van der Waals surface area contributed by atoms with E-state index in [4.69, 9.17) is 16.3 Å². The number of hydrogen-bond acceptors (Lipinski definition) is 4. The molecule has 0 spiro atoms. The molecular formula is C13H15ClN2O4. The van der Waals surface area contributed by atoms with E-state index in [2.05, 4.69) is 0 Å². The first-order valence-corrected chi connectivity index (χ1v) is 6.65. The van der Waals surface area contributed by atoms with Crippen LogP contribution in [-0.2, 0) is 4.74 Å². The Kier molecular flexibility index (Phi) is 4.25. The Balaban J connectivity index is 2.33. The lowest BCUT2D eigenvalue weighted by Gasteiger charge is -2.35. The quantitative estimate of drug-likeness (QED) is 0.621. The summed E-state index contributed by atoms with van der Waals surface area (Å²) in [7, 11) is 0. The van der Waals surface area contributed by atoms with Gasteiger partial charge in [0.25, 0.3) is 11.6 Å². The van der Waals surface area contributed by atoms with E-state index in [1.54, 1.807) is 4.90 Å². The number of benzene rings is 1. The lowest BCUT2D eigenvalue weighted by Crippen LogP contribution is -2.48. The second-order valence-electron chi connectivity index (χ2n) is 4.89. The van der Waals surface area contributed by atoms with Gasteiger partial charge in [-0.05, 0) is 26.0 Å². The van der Waals surface area contributed by atoms with E-state index < -0.39 is 4.92 Å². The van der Waals surface area contributed by atoms with Crippen molar-refractivity contribution in [3.63, 3.8) is 0 Å². The Morgan fingerprint density at radius 3 is 2.55 bits per heavy atom. The summed E-state index contributed by atoms with van der Waals surface area (Å²) in [6.07, 6.45) is -0.193. The van der Waals surface area contributed by atoms with Crippen LogP contribution >= 0.6 is 11.6 Å². The third kappa shape index (κ3) is 3.08. The van der Waals surface area contributed by atoms with E-state index >= 15 is 0 Å². The second kappa shape index (κ2) is 5.76. The average molecular weight is 299 g/mol. The highest BCUT2D eigenvalue weighted by molar-refractivity contribution is 6.31. The SMILES string of the molecule is C[C@@H]1CN(C(=O)c2cc(Cl)ccc2[N+](=O)[O-])C[C@H](C)O1. The first kappa shape index (κ1) is 14.7. The maximum absolute atomic E-state index is 12.5. The lowest BCUT2D eigenvalue weighted by atomic mass is 10.1. The fraction of sp³-hybridized carbons (Fsp3) is 0.462. The number of ether oxygens (including phenoxy) is 1. The van der Waals surface area contributed by atoms with E-state index in [1.165, 1.54) is 18.2 Å². The maximum Gasteiger partial charge on any atom is 0.282 e. The number of morpholine rings is 1. The predicted molar refractivity (Wildman–Crippen MR) is 74.0 cm³/mol. The first-order chi connectivity index (χ1) is 9.38. The van der Waals surface area contributed by atoms with E-state index in [9.17, 15) is 14.9 Å². The van der Waals surface area contributed by atoms with Gasteiger partial charge in [0.05, 0.1) is 17.1 Å². The van der Waals surface area contributed by atoms with Crippen molar-refractivity contribution in [3.05, 3.63) is 38.9 Å². The number of hydrogen-bond donors (Lipinski definition) is 0. The van der Waals surface area contributed by atoms with Crippen LogP contribution in [0.4, 0.5) is 5.69 Å². The molecule has 6 nitrogen and oxygen atoms in total. The number of nitrogens with zero attached hydrogens (tertiary/aromatic N) is 2. The van der Waals surface area contributed by atoms with E-state index in [0.29, 0.717) is 18.1 Å². The zero-order chi connectivity index (χ0) is 14.9. The summed E-state index contributed by atoms with van der Waals surface area (Å²) in [6.45, 7) is 4.55. The highest BCUT2D eigenvalue weighted by Gasteiger charge is 2.30. The molecule has 1 aliphatic heterocycles. The van der Waals surface area contributed by atoms with Crippen molar-refractivity contribution < 1.29 is 14.5 Å². The smallest absolute Gasteiger partial charge is 0.282 e. The summed E-state index contributed by atoms with van der Waals surface area (Å²) < 4.78 is 5.55. The van der Waals surface area contributed by atoms with Crippen molar-refractivity contribution in [2.75, 3.05) is 13.1 Å². The Hall–Kier alpha value is -1.66. The minimum atomic E-state index is -0.573. The van der Waals surface area contributed by atoms with Crippen molar-refractivity contribution in [1.29, 1.82) is 0 Å². The topological polar surface area (TPSA) is 72.7 Å². The molecule has 7 heteroatoms. The van der Waals surface area contributed by atoms with Crippen molar-refractivity contribution in [3.8, 4) is 0 Å². The summed E-state index contributed by atoms with van der Waals surface area (Å²) in [6, 6.07) is 4.00. The molecule has 1 aromatic rings. The Labute approximate surface area is 121 Å². The molecule has 2 rings (SSSR count). The van der Waals surface area contributed by atoms with Gasteiger partial charge < -0.3 is 9.64 Å². The molecule has 2 atom stereocenters. The van der Waals surface area contributed by atoms with Gasteiger partial charge in [0, 0.05) is 24.2 Å². The van der Waals surface area contributed by atoms with Gasteiger partial charge in [-0.15, -0.1) is 0 Å². The van der Waals surface area contributed by atoms with Crippen LogP contribution < -0.4 is 0 Å². The molecule has 1 heterocycles. The molecule has 108 valence electrons. The standard InChI is InChI=1S/C13H15ClN2O4/c1-8-6-15(7-9(2)20-8)13(17)11-5-10(14)3-4-12(11)16(18)19/h3-5,8-9H,6-7H2,1-2H3/t8-,9+. The molecule has 1 aliphatic rings. The van der Waals surface area contributed by atoms with Crippen LogP contribution in [-0.4, -0.2) is 41.0 Å². The molecule has 20 heavy (non-hydrogen) atoms. The number of nitro groups is 1. The number of carbonyl (C=O) groups excluding carboxylic acids is 1. The molecule has 0 radical (unpaired) electrons. The molecule has 0 bridgehead atoms. The van der Waals surface area contributed by atoms with Crippen LogP contribution in [0.5, 0.6) is 0 Å². The fourth-order valence-electron chi connectivity index (χ4n) is 2.35. The van der Waals surface area contributed by atoms with Crippen LogP contribution in [0.3, 0.4) is 0 Å². The monoisotopic (exact) mass is 298 g/mol. The zero-order valence-corrected chi connectivity index (χ0v) is 12.0. The highest BCUT2D eigenvalue weighted by atomic mass is 35.5. The molecular weight excluding hydrogens is 284 g/mol. The van der Waals surface area contributed by atoms with Gasteiger partial charge in [-0.2, -0.15) is 0 Å². The third-order valence-electron chi connectivity index (χ3n) is 3.09. The largest absolute Gasteiger partial charge is 0.372 e. The number of nitro benzene ring substituents is 1. The van der Waals surface area contributed by atoms with E-state index in [0.717, 1.165) is 0 Å². The zero-order valence-electron chi connectivity index (χ0n) is 11.2. The van der Waals surface area contributed by atoms with Gasteiger partial charge in [0.15, 0.2) is 0 Å². The minimum Gasteiger partial charge on any atom is -0.372 e. The molecule has 0 N–H and O–H groups in total. The van der Waals surface area contributed by atoms with Crippen molar-refractivity contribution in [2.45, 2.75) is 26.1 Å². The van der Waals surface area contributed by atoms with Crippen molar-refractivity contribution in [1.82, 2.24) is 4.90 Å². The maximum atomic E-state index is 12.5. The number of amides is 1. The predicted octanol–water partition coefficient (Wildman–Crippen LogP) is 2.50.